The van der Waals surface area contributed by atoms with Gasteiger partial charge in [0.1, 0.15) is 17.0 Å². The lowest BCUT2D eigenvalue weighted by Gasteiger charge is -2.19. The molecule has 1 rings (SSSR count). The van der Waals surface area contributed by atoms with Crippen LogP contribution in [0.25, 0.3) is 6.08 Å². The maximum absolute atomic E-state index is 11.4. The summed E-state index contributed by atoms with van der Waals surface area (Å²) in [7, 11) is 0. The molecule has 0 aliphatic rings. The smallest absolute Gasteiger partial charge is 0.407 e. The van der Waals surface area contributed by atoms with Gasteiger partial charge in [-0.25, -0.2) is 9.78 Å². The Hall–Kier alpha value is -2.15. The number of alkyl carbamates (subject to hydrolysis) is 1. The van der Waals surface area contributed by atoms with E-state index in [-0.39, 0.29) is 10.8 Å². The van der Waals surface area contributed by atoms with Crippen LogP contribution in [0.3, 0.4) is 0 Å². The molecule has 0 aromatic carbocycles. The third-order valence-corrected chi connectivity index (χ3v) is 2.66. The van der Waals surface area contributed by atoms with Gasteiger partial charge in [-0.1, -0.05) is 23.8 Å². The Morgan fingerprint density at radius 3 is 2.82 bits per heavy atom. The standard InChI is InChI=1S/C14H18ClN3O4/c1-14(2,3)22-13(19)16-7-5-4-6-10-8-11(18(20)21)9-17-12(10)15/h4,6,8-9H,5,7H2,1-3H3,(H,16,19). The first-order chi connectivity index (χ1) is 10.2. The van der Waals surface area contributed by atoms with Crippen molar-refractivity contribution in [1.82, 2.24) is 10.3 Å². The number of halogens is 1. The predicted molar refractivity (Wildman–Crippen MR) is 83.8 cm³/mol. The molecule has 120 valence electrons. The number of carbonyl (C=O) groups is 1. The largest absolute Gasteiger partial charge is 0.444 e. The van der Waals surface area contributed by atoms with Crippen molar-refractivity contribution in [1.29, 1.82) is 0 Å². The van der Waals surface area contributed by atoms with Crippen molar-refractivity contribution < 1.29 is 14.5 Å². The molecule has 1 heterocycles. The third-order valence-electron chi connectivity index (χ3n) is 2.34. The number of nitrogens with one attached hydrogen (secondary N) is 1. The molecule has 8 heteroatoms. The van der Waals surface area contributed by atoms with Gasteiger partial charge in [-0.05, 0) is 27.2 Å². The van der Waals surface area contributed by atoms with Crippen molar-refractivity contribution in [3.8, 4) is 0 Å². The number of nitro groups is 1. The minimum Gasteiger partial charge on any atom is -0.444 e. The van der Waals surface area contributed by atoms with E-state index >= 15 is 0 Å². The van der Waals surface area contributed by atoms with E-state index in [1.807, 2.05) is 0 Å². The Morgan fingerprint density at radius 1 is 1.55 bits per heavy atom. The van der Waals surface area contributed by atoms with Gasteiger partial charge >= 0.3 is 6.09 Å². The fourth-order valence-corrected chi connectivity index (χ4v) is 1.62. The quantitative estimate of drug-likeness (QED) is 0.386. The van der Waals surface area contributed by atoms with Gasteiger partial charge in [0.15, 0.2) is 0 Å². The first-order valence-electron chi connectivity index (χ1n) is 6.62. The Balaban J connectivity index is 2.48. The molecule has 0 saturated carbocycles. The van der Waals surface area contributed by atoms with Crippen molar-refractivity contribution in [3.05, 3.63) is 39.2 Å². The Kier molecular flexibility index (Phi) is 6.30. The van der Waals surface area contributed by atoms with Crippen molar-refractivity contribution >= 4 is 29.5 Å². The Morgan fingerprint density at radius 2 is 2.23 bits per heavy atom. The summed E-state index contributed by atoms with van der Waals surface area (Å²) in [4.78, 5) is 25.3. The molecule has 1 aromatic heterocycles. The second-order valence-corrected chi connectivity index (χ2v) is 5.81. The summed E-state index contributed by atoms with van der Waals surface area (Å²) in [5.41, 5.74) is -0.216. The van der Waals surface area contributed by atoms with Gasteiger partial charge in [0.2, 0.25) is 0 Å². The highest BCUT2D eigenvalue weighted by atomic mass is 35.5. The zero-order valence-corrected chi connectivity index (χ0v) is 13.4. The molecular weight excluding hydrogens is 310 g/mol. The van der Waals surface area contributed by atoms with E-state index in [4.69, 9.17) is 16.3 Å². The molecule has 0 spiro atoms. The fourth-order valence-electron chi connectivity index (χ4n) is 1.45. The molecule has 1 amide bonds. The van der Waals surface area contributed by atoms with Crippen LogP contribution < -0.4 is 5.32 Å². The van der Waals surface area contributed by atoms with E-state index in [1.54, 1.807) is 32.9 Å². The highest BCUT2D eigenvalue weighted by Gasteiger charge is 2.15. The van der Waals surface area contributed by atoms with E-state index in [1.165, 1.54) is 6.07 Å². The van der Waals surface area contributed by atoms with Gasteiger partial charge in [-0.3, -0.25) is 10.1 Å². The zero-order chi connectivity index (χ0) is 16.8. The van der Waals surface area contributed by atoms with Crippen LogP contribution in [0.5, 0.6) is 0 Å². The van der Waals surface area contributed by atoms with Crippen LogP contribution in [-0.4, -0.2) is 28.1 Å². The second-order valence-electron chi connectivity index (χ2n) is 5.45. The van der Waals surface area contributed by atoms with Gasteiger partial charge in [0.25, 0.3) is 5.69 Å². The van der Waals surface area contributed by atoms with Gasteiger partial charge in [-0.15, -0.1) is 0 Å². The fraction of sp³-hybridized carbons (Fsp3) is 0.429. The molecule has 0 saturated heterocycles. The van der Waals surface area contributed by atoms with Crippen LogP contribution in [0, 0.1) is 10.1 Å². The number of aromatic nitrogens is 1. The number of hydrogen-bond donors (Lipinski definition) is 1. The maximum Gasteiger partial charge on any atom is 0.407 e. The normalized spacial score (nSPS) is 11.5. The minimum atomic E-state index is -0.540. The maximum atomic E-state index is 11.4. The minimum absolute atomic E-state index is 0.129. The molecule has 1 N–H and O–H groups in total. The van der Waals surface area contributed by atoms with E-state index < -0.39 is 16.6 Å². The molecule has 0 aliphatic heterocycles. The van der Waals surface area contributed by atoms with Crippen molar-refractivity contribution in [2.75, 3.05) is 6.54 Å². The number of amides is 1. The number of hydrogen-bond acceptors (Lipinski definition) is 5. The lowest BCUT2D eigenvalue weighted by atomic mass is 10.2. The van der Waals surface area contributed by atoms with Crippen LogP contribution >= 0.6 is 11.6 Å². The van der Waals surface area contributed by atoms with Crippen molar-refractivity contribution in [2.45, 2.75) is 32.8 Å². The molecule has 0 aliphatic carbocycles. The summed E-state index contributed by atoms with van der Waals surface area (Å²) in [5.74, 6) is 0. The summed E-state index contributed by atoms with van der Waals surface area (Å²) in [6.07, 6.45) is 4.50. The summed E-state index contributed by atoms with van der Waals surface area (Å²) < 4.78 is 5.08. The first-order valence-corrected chi connectivity index (χ1v) is 7.00. The number of pyridine rings is 1. The summed E-state index contributed by atoms with van der Waals surface area (Å²) in [6.45, 7) is 5.72. The molecule has 22 heavy (non-hydrogen) atoms. The Bertz CT molecular complexity index is 582. The number of nitrogens with zero attached hydrogens (tertiary/aromatic N) is 2. The molecule has 1 aromatic rings. The van der Waals surface area contributed by atoms with Crippen LogP contribution in [0.1, 0.15) is 32.8 Å². The Labute approximate surface area is 133 Å². The van der Waals surface area contributed by atoms with Gasteiger partial charge in [0.05, 0.1) is 4.92 Å². The highest BCUT2D eigenvalue weighted by Crippen LogP contribution is 2.20. The molecule has 0 atom stereocenters. The SMILES string of the molecule is CC(C)(C)OC(=O)NCCC=Cc1cc([N+](=O)[O-])cnc1Cl. The van der Waals surface area contributed by atoms with Crippen LogP contribution in [0.2, 0.25) is 5.15 Å². The van der Waals surface area contributed by atoms with Crippen LogP contribution in [0.15, 0.2) is 18.3 Å². The third kappa shape index (κ3) is 6.53. The molecule has 0 fully saturated rings. The average Bonchev–Trinajstić information content (AvgIpc) is 2.37. The lowest BCUT2D eigenvalue weighted by molar-refractivity contribution is -0.385. The summed E-state index contributed by atoms with van der Waals surface area (Å²) in [5, 5.41) is 13.4. The summed E-state index contributed by atoms with van der Waals surface area (Å²) in [6, 6.07) is 1.34. The van der Waals surface area contributed by atoms with Crippen LogP contribution in [0.4, 0.5) is 10.5 Å². The predicted octanol–water partition coefficient (Wildman–Crippen LogP) is 3.57. The average molecular weight is 328 g/mol. The second kappa shape index (κ2) is 7.74. The number of rotatable bonds is 5. The zero-order valence-electron chi connectivity index (χ0n) is 12.6. The summed E-state index contributed by atoms with van der Waals surface area (Å²) >= 11 is 5.86. The van der Waals surface area contributed by atoms with Gasteiger partial charge < -0.3 is 10.1 Å². The molecule has 0 radical (unpaired) electrons. The lowest BCUT2D eigenvalue weighted by Crippen LogP contribution is -2.32. The molecule has 0 bridgehead atoms. The number of ether oxygens (including phenoxy) is 1. The molecule has 0 unspecified atom stereocenters. The first kappa shape index (κ1) is 17.9. The highest BCUT2D eigenvalue weighted by molar-refractivity contribution is 6.30. The molecular formula is C14H18ClN3O4. The van der Waals surface area contributed by atoms with Crippen LogP contribution in [-0.2, 0) is 4.74 Å². The van der Waals surface area contributed by atoms with E-state index in [9.17, 15) is 14.9 Å². The molecule has 7 nitrogen and oxygen atoms in total. The van der Waals surface area contributed by atoms with Gasteiger partial charge in [-0.2, -0.15) is 0 Å². The van der Waals surface area contributed by atoms with E-state index in [0.29, 0.717) is 18.5 Å². The van der Waals surface area contributed by atoms with E-state index in [2.05, 4.69) is 10.3 Å². The topological polar surface area (TPSA) is 94.4 Å². The van der Waals surface area contributed by atoms with Gasteiger partial charge in [0, 0.05) is 18.2 Å². The van der Waals surface area contributed by atoms with Crippen molar-refractivity contribution in [2.24, 2.45) is 0 Å². The van der Waals surface area contributed by atoms with Crippen molar-refractivity contribution in [3.63, 3.8) is 0 Å². The monoisotopic (exact) mass is 327 g/mol. The van der Waals surface area contributed by atoms with E-state index in [0.717, 1.165) is 6.20 Å². The number of carbonyl (C=O) groups excluding carboxylic acids is 1.